The largest absolute Gasteiger partial charge is 0.490 e. The predicted octanol–water partition coefficient (Wildman–Crippen LogP) is 10.6. The third-order valence-corrected chi connectivity index (χ3v) is 23.9. The van der Waals surface area contributed by atoms with E-state index in [0.717, 1.165) is 85.6 Å². The lowest BCUT2D eigenvalue weighted by Crippen LogP contribution is -2.49. The zero-order valence-electron chi connectivity index (χ0n) is 48.3. The van der Waals surface area contributed by atoms with E-state index in [0.29, 0.717) is 63.7 Å². The molecule has 12 rings (SSSR count). The molecule has 0 aromatic heterocycles. The molecular weight excluding hydrogens is 1170 g/mol. The molecule has 16 nitrogen and oxygen atoms in total. The molecule has 4 bridgehead atoms. The van der Waals surface area contributed by atoms with Crippen LogP contribution in [0.4, 0.5) is 11.4 Å². The van der Waals surface area contributed by atoms with Crippen molar-refractivity contribution in [1.29, 1.82) is 10.5 Å². The van der Waals surface area contributed by atoms with Crippen LogP contribution in [0.3, 0.4) is 0 Å². The number of amides is 2. The Balaban J connectivity index is 0.000000179. The fourth-order valence-corrected chi connectivity index (χ4v) is 18.1. The zero-order chi connectivity index (χ0) is 60.4. The third-order valence-electron chi connectivity index (χ3n) is 19.8. The minimum atomic E-state index is -4.05. The maximum atomic E-state index is 13.4. The summed E-state index contributed by atoms with van der Waals surface area (Å²) in [5.74, 6) is 0.616. The van der Waals surface area contributed by atoms with E-state index in [4.69, 9.17) is 43.2 Å². The van der Waals surface area contributed by atoms with Gasteiger partial charge < -0.3 is 29.5 Å². The number of nitrogens with one attached hydrogen (secondary N) is 2. The maximum absolute atomic E-state index is 13.4. The standard InChI is InChI=1S/2C33H38ClN3O5S/c2*34-25-11-13-28-22(17-25)5-3-15-33(28)20-37-19-24-9-12-27(24)30(38)8-2-1-6-26(7-4-16-35)43(40,41)36-32(39)23-10-14-31(42-21-33)29(37)18-23/h2*2,8,10-11,13-14,17-18,24,26-27,30,38H,1,3-7,9,12,15,19-21H2,(H,36,39)/b2*8-2+/t24-,26+,27+,30-,33-;24-,26-,27+,30-,33-/m00/s1. The Hall–Kier alpha value is -6.12. The van der Waals surface area contributed by atoms with Crippen LogP contribution in [0.1, 0.15) is 146 Å². The number of allylic oxidation sites excluding steroid dienone is 2. The first-order valence-corrected chi connectivity index (χ1v) is 34.4. The Kier molecular flexibility index (Phi) is 18.5. The number of nitrogens with zero attached hydrogens (tertiary/aromatic N) is 4. The minimum absolute atomic E-state index is 0.0675. The Morgan fingerprint density at radius 1 is 0.593 bits per heavy atom. The monoisotopic (exact) mass is 1250 g/mol. The molecular formula is C66H76Cl2N6O10S2. The number of sulfonamides is 2. The molecule has 4 aliphatic carbocycles. The fourth-order valence-electron chi connectivity index (χ4n) is 14.8. The van der Waals surface area contributed by atoms with Crippen LogP contribution in [0.2, 0.25) is 10.0 Å². The van der Waals surface area contributed by atoms with E-state index in [9.17, 15) is 36.6 Å². The van der Waals surface area contributed by atoms with Gasteiger partial charge in [0.2, 0.25) is 20.0 Å². The number of carbonyl (C=O) groups is 2. The first-order valence-electron chi connectivity index (χ1n) is 30.5. The van der Waals surface area contributed by atoms with Gasteiger partial charge in [-0.05, 0) is 209 Å². The van der Waals surface area contributed by atoms with Gasteiger partial charge >= 0.3 is 0 Å². The van der Waals surface area contributed by atoms with Crippen LogP contribution in [0.25, 0.3) is 0 Å². The molecule has 8 aliphatic rings. The quantitative estimate of drug-likeness (QED) is 0.139. The smallest absolute Gasteiger partial charge is 0.264 e. The lowest BCUT2D eigenvalue weighted by atomic mass is 9.68. The van der Waals surface area contributed by atoms with Gasteiger partial charge in [-0.25, -0.2) is 26.3 Å². The normalized spacial score (nSPS) is 30.8. The molecule has 0 saturated heterocycles. The second kappa shape index (κ2) is 25.9. The number of carbonyl (C=O) groups excluding carboxylic acids is 2. The number of halogens is 2. The lowest BCUT2D eigenvalue weighted by molar-refractivity contribution is 0.0454. The Labute approximate surface area is 515 Å². The van der Waals surface area contributed by atoms with E-state index in [1.54, 1.807) is 48.6 Å². The molecule has 4 N–H and O–H groups in total. The van der Waals surface area contributed by atoms with Crippen molar-refractivity contribution in [1.82, 2.24) is 9.44 Å². The summed E-state index contributed by atoms with van der Waals surface area (Å²) < 4.78 is 70.8. The number of aliphatic hydroxyl groups is 2. The van der Waals surface area contributed by atoms with Crippen molar-refractivity contribution in [2.75, 3.05) is 49.2 Å². The van der Waals surface area contributed by atoms with E-state index in [1.165, 1.54) is 22.3 Å². The SMILES string of the molecule is N#CCC[C@@H]1CC/C=C/[C@H](O)[C@@H]2CC[C@H]2CN2C[C@@]3(CCCc4cc(Cl)ccc43)COc3ccc(cc32)C(=O)NS1(=O)=O.N#CCC[C@H]1CC/C=C/[C@H](O)[C@@H]2CC[C@H]2CN2C[C@@]3(CCCc4cc(Cl)ccc43)COc3ccc(cc32)C(=O)NS1(=O)=O. The third kappa shape index (κ3) is 13.0. The summed E-state index contributed by atoms with van der Waals surface area (Å²) in [5, 5.41) is 40.1. The summed E-state index contributed by atoms with van der Waals surface area (Å²) in [7, 11) is -8.09. The number of anilines is 2. The van der Waals surface area contributed by atoms with Crippen molar-refractivity contribution in [3.8, 4) is 23.6 Å². The number of fused-ring (bicyclic) bond motifs is 8. The van der Waals surface area contributed by atoms with E-state index < -0.39 is 54.6 Å². The second-order valence-electron chi connectivity index (χ2n) is 25.2. The topological polar surface area (TPSA) is 239 Å². The van der Waals surface area contributed by atoms with Crippen molar-refractivity contribution in [3.63, 3.8) is 0 Å². The van der Waals surface area contributed by atoms with Crippen molar-refractivity contribution in [2.45, 2.75) is 149 Å². The first-order chi connectivity index (χ1) is 41.4. The summed E-state index contributed by atoms with van der Waals surface area (Å²) in [6.07, 6.45) is 17.4. The zero-order valence-corrected chi connectivity index (χ0v) is 51.5. The van der Waals surface area contributed by atoms with Gasteiger partial charge in [0.05, 0.1) is 59.4 Å². The van der Waals surface area contributed by atoms with Crippen LogP contribution in [0.5, 0.6) is 11.5 Å². The van der Waals surface area contributed by atoms with Gasteiger partial charge in [0.1, 0.15) is 11.5 Å². The van der Waals surface area contributed by atoms with Crippen LogP contribution in [0.15, 0.2) is 97.1 Å². The highest BCUT2D eigenvalue weighted by molar-refractivity contribution is 7.91. The molecule has 86 heavy (non-hydrogen) atoms. The molecule has 2 amide bonds. The van der Waals surface area contributed by atoms with Crippen molar-refractivity contribution in [3.05, 3.63) is 141 Å². The van der Waals surface area contributed by atoms with Crippen LogP contribution in [-0.4, -0.2) is 101 Å². The summed E-state index contributed by atoms with van der Waals surface area (Å²) in [6.45, 7) is 3.68. The molecule has 4 aromatic rings. The average Bonchev–Trinajstić information content (AvgIpc) is 1.56. The molecule has 2 saturated carbocycles. The van der Waals surface area contributed by atoms with Gasteiger partial charge in [0, 0.05) is 71.0 Å². The number of rotatable bonds is 4. The minimum Gasteiger partial charge on any atom is -0.490 e. The van der Waals surface area contributed by atoms with E-state index >= 15 is 0 Å². The molecule has 456 valence electrons. The maximum Gasteiger partial charge on any atom is 0.264 e. The van der Waals surface area contributed by atoms with Crippen LogP contribution in [-0.2, 0) is 43.7 Å². The van der Waals surface area contributed by atoms with Crippen LogP contribution >= 0.6 is 23.2 Å². The number of aryl methyl sites for hydroxylation is 2. The molecule has 0 unspecified atom stereocenters. The molecule has 2 fully saturated rings. The number of benzene rings is 4. The lowest BCUT2D eigenvalue weighted by Gasteiger charge is -2.45. The highest BCUT2D eigenvalue weighted by atomic mass is 35.5. The Bertz CT molecular complexity index is 3370. The van der Waals surface area contributed by atoms with Crippen molar-refractivity contribution >= 4 is 66.4 Å². The molecule has 20 heteroatoms. The molecule has 10 atom stereocenters. The molecule has 4 heterocycles. The van der Waals surface area contributed by atoms with Crippen molar-refractivity contribution in [2.24, 2.45) is 23.7 Å². The Morgan fingerprint density at radius 3 is 1.42 bits per heavy atom. The van der Waals surface area contributed by atoms with Crippen molar-refractivity contribution < 1.29 is 46.1 Å². The van der Waals surface area contributed by atoms with E-state index in [-0.39, 0.29) is 84.2 Å². The fraction of sp³-hybridized carbons (Fsp3) is 0.515. The average molecular weight is 1250 g/mol. The molecule has 2 spiro atoms. The van der Waals surface area contributed by atoms with Crippen LogP contribution in [0, 0.1) is 46.3 Å². The Morgan fingerprint density at radius 2 is 1.02 bits per heavy atom. The number of hydrogen-bond acceptors (Lipinski definition) is 14. The van der Waals surface area contributed by atoms with Gasteiger partial charge in [-0.15, -0.1) is 0 Å². The highest BCUT2D eigenvalue weighted by Crippen LogP contribution is 2.49. The van der Waals surface area contributed by atoms with Gasteiger partial charge in [0.15, 0.2) is 0 Å². The molecule has 4 aromatic carbocycles. The molecule has 4 aliphatic heterocycles. The van der Waals surface area contributed by atoms with Crippen LogP contribution < -0.4 is 28.7 Å². The first kappa shape index (κ1) is 61.5. The van der Waals surface area contributed by atoms with Gasteiger partial charge in [-0.1, -0.05) is 59.6 Å². The van der Waals surface area contributed by atoms with Gasteiger partial charge in [-0.3, -0.25) is 9.59 Å². The number of ether oxygens (including phenoxy) is 2. The van der Waals surface area contributed by atoms with E-state index in [1.807, 2.05) is 36.4 Å². The molecule has 0 radical (unpaired) electrons. The summed E-state index contributed by atoms with van der Waals surface area (Å²) in [4.78, 5) is 31.4. The second-order valence-corrected chi connectivity index (χ2v) is 30.0. The summed E-state index contributed by atoms with van der Waals surface area (Å²) in [5.41, 5.74) is 6.37. The number of hydrogen-bond donors (Lipinski definition) is 4. The number of aliphatic hydroxyl groups excluding tert-OH is 2. The van der Waals surface area contributed by atoms with E-state index in [2.05, 4.69) is 43.5 Å². The predicted molar refractivity (Wildman–Crippen MR) is 332 cm³/mol. The summed E-state index contributed by atoms with van der Waals surface area (Å²) in [6, 6.07) is 26.5. The van der Waals surface area contributed by atoms with Gasteiger partial charge in [0.25, 0.3) is 11.8 Å². The highest BCUT2D eigenvalue weighted by Gasteiger charge is 2.47. The summed E-state index contributed by atoms with van der Waals surface area (Å²) >= 11 is 12.8. The van der Waals surface area contributed by atoms with Gasteiger partial charge in [-0.2, -0.15) is 10.5 Å². The number of nitriles is 2.